The van der Waals surface area contributed by atoms with Gasteiger partial charge in [-0.05, 0) is 42.9 Å². The zero-order chi connectivity index (χ0) is 22.2. The Labute approximate surface area is 189 Å². The van der Waals surface area contributed by atoms with E-state index in [1.807, 2.05) is 35.2 Å². The smallest absolute Gasteiger partial charge is 0.257 e. The van der Waals surface area contributed by atoms with E-state index in [0.29, 0.717) is 44.1 Å². The number of nitrogens with one attached hydrogen (secondary N) is 1. The summed E-state index contributed by atoms with van der Waals surface area (Å²) < 4.78 is 15.7. The van der Waals surface area contributed by atoms with Crippen LogP contribution in [0.3, 0.4) is 0 Å². The number of nitrogens with zero attached hydrogens (tertiary/aromatic N) is 4. The summed E-state index contributed by atoms with van der Waals surface area (Å²) in [6.45, 7) is 2.20. The van der Waals surface area contributed by atoms with Crippen molar-refractivity contribution in [2.75, 3.05) is 36.4 Å². The van der Waals surface area contributed by atoms with Crippen molar-refractivity contribution in [3.63, 3.8) is 0 Å². The molecule has 1 fully saturated rings. The van der Waals surface area contributed by atoms with Crippen molar-refractivity contribution in [1.82, 2.24) is 14.5 Å². The minimum Gasteiger partial charge on any atom is -0.366 e. The molecule has 1 atom stereocenters. The van der Waals surface area contributed by atoms with Gasteiger partial charge in [0.2, 0.25) is 10.7 Å². The standard InChI is InChI=1S/C23H22FN5O2S/c24-16-6-2-4-8-19(16)27-11-13-28(14-12-27)20(30)10-9-18-22(31)29-21(25-18)15-5-1-3-7-17(15)26-23(29)32/h1-8,18,25H,9-14H2/t18-/m0/s1. The number of benzene rings is 2. The maximum absolute atomic E-state index is 14.0. The molecule has 7 nitrogen and oxygen atoms in total. The molecule has 9 heteroatoms. The van der Waals surface area contributed by atoms with Gasteiger partial charge in [-0.25, -0.2) is 13.9 Å². The van der Waals surface area contributed by atoms with E-state index in [0.717, 1.165) is 10.9 Å². The summed E-state index contributed by atoms with van der Waals surface area (Å²) in [5.41, 5.74) is 1.30. The largest absolute Gasteiger partial charge is 0.366 e. The van der Waals surface area contributed by atoms with Crippen LogP contribution in [0.15, 0.2) is 48.5 Å². The number of aromatic nitrogens is 2. The minimum atomic E-state index is -0.520. The lowest BCUT2D eigenvalue weighted by molar-refractivity contribution is -0.131. The highest BCUT2D eigenvalue weighted by atomic mass is 32.1. The first-order chi connectivity index (χ1) is 15.5. The number of amides is 1. The van der Waals surface area contributed by atoms with Crippen molar-refractivity contribution < 1.29 is 14.0 Å². The fraction of sp³-hybridized carbons (Fsp3) is 0.304. The summed E-state index contributed by atoms with van der Waals surface area (Å²) in [5, 5.41) is 4.07. The number of para-hydroxylation sites is 2. The number of hydrogen-bond acceptors (Lipinski definition) is 6. The van der Waals surface area contributed by atoms with Crippen molar-refractivity contribution in [2.24, 2.45) is 0 Å². The molecular weight excluding hydrogens is 429 g/mol. The van der Waals surface area contributed by atoms with Gasteiger partial charge in [0, 0.05) is 38.0 Å². The number of halogens is 1. The number of carbonyl (C=O) groups excluding carboxylic acids is 2. The fourth-order valence-corrected chi connectivity index (χ4v) is 4.68. The first-order valence-corrected chi connectivity index (χ1v) is 11.0. The van der Waals surface area contributed by atoms with E-state index in [1.165, 1.54) is 10.6 Å². The van der Waals surface area contributed by atoms with Crippen LogP contribution >= 0.6 is 12.2 Å². The van der Waals surface area contributed by atoms with E-state index in [-0.39, 0.29) is 28.8 Å². The lowest BCUT2D eigenvalue weighted by Crippen LogP contribution is -2.49. The summed E-state index contributed by atoms with van der Waals surface area (Å²) in [5.74, 6) is 0.204. The van der Waals surface area contributed by atoms with Crippen LogP contribution in [0.4, 0.5) is 15.9 Å². The Morgan fingerprint density at radius 3 is 2.59 bits per heavy atom. The predicted octanol–water partition coefficient (Wildman–Crippen LogP) is 3.47. The maximum Gasteiger partial charge on any atom is 0.257 e. The molecule has 0 aliphatic carbocycles. The van der Waals surface area contributed by atoms with Gasteiger partial charge < -0.3 is 15.1 Å². The van der Waals surface area contributed by atoms with Gasteiger partial charge in [0.25, 0.3) is 5.91 Å². The normalized spacial score (nSPS) is 18.0. The first-order valence-electron chi connectivity index (χ1n) is 10.6. The number of rotatable bonds is 4. The molecule has 1 N–H and O–H groups in total. The van der Waals surface area contributed by atoms with Crippen LogP contribution in [0.2, 0.25) is 0 Å². The van der Waals surface area contributed by atoms with Crippen LogP contribution in [0.25, 0.3) is 10.9 Å². The van der Waals surface area contributed by atoms with Crippen LogP contribution in [0.1, 0.15) is 17.6 Å². The minimum absolute atomic E-state index is 0.00433. The molecule has 164 valence electrons. The molecule has 1 saturated heterocycles. The van der Waals surface area contributed by atoms with Gasteiger partial charge in [0.05, 0.1) is 11.2 Å². The van der Waals surface area contributed by atoms with Gasteiger partial charge in [0.15, 0.2) is 0 Å². The molecule has 2 aromatic carbocycles. The molecule has 0 saturated carbocycles. The summed E-state index contributed by atoms with van der Waals surface area (Å²) in [6.07, 6.45) is 0.617. The van der Waals surface area contributed by atoms with E-state index in [4.69, 9.17) is 12.2 Å². The molecule has 1 aromatic heterocycles. The lowest BCUT2D eigenvalue weighted by Gasteiger charge is -2.36. The predicted molar refractivity (Wildman–Crippen MR) is 123 cm³/mol. The average molecular weight is 452 g/mol. The van der Waals surface area contributed by atoms with Crippen LogP contribution in [0.5, 0.6) is 0 Å². The van der Waals surface area contributed by atoms with Gasteiger partial charge in [-0.15, -0.1) is 0 Å². The Morgan fingerprint density at radius 1 is 1.09 bits per heavy atom. The molecule has 3 aromatic rings. The van der Waals surface area contributed by atoms with E-state index in [1.54, 1.807) is 17.0 Å². The van der Waals surface area contributed by atoms with Gasteiger partial charge in [-0.2, -0.15) is 0 Å². The molecule has 2 aliphatic rings. The molecule has 0 spiro atoms. The molecule has 0 radical (unpaired) electrons. The van der Waals surface area contributed by atoms with Crippen molar-refractivity contribution in [3.05, 3.63) is 59.1 Å². The van der Waals surface area contributed by atoms with Crippen molar-refractivity contribution >= 4 is 46.4 Å². The molecule has 0 unspecified atom stereocenters. The third-order valence-electron chi connectivity index (χ3n) is 6.09. The highest BCUT2D eigenvalue weighted by molar-refractivity contribution is 7.71. The highest BCUT2D eigenvalue weighted by Crippen LogP contribution is 2.29. The average Bonchev–Trinajstić information content (AvgIpc) is 3.15. The van der Waals surface area contributed by atoms with E-state index < -0.39 is 6.04 Å². The Morgan fingerprint density at radius 2 is 1.81 bits per heavy atom. The monoisotopic (exact) mass is 451 g/mol. The van der Waals surface area contributed by atoms with Crippen LogP contribution in [-0.4, -0.2) is 58.5 Å². The van der Waals surface area contributed by atoms with Crippen LogP contribution in [-0.2, 0) is 4.79 Å². The van der Waals surface area contributed by atoms with Gasteiger partial charge in [0.1, 0.15) is 17.7 Å². The SMILES string of the molecule is O=C(CC[C@@H]1Nc2c3ccccc3nc(=S)n2C1=O)N1CCN(c2ccccc2F)CC1. The zero-order valence-corrected chi connectivity index (χ0v) is 18.1. The summed E-state index contributed by atoms with van der Waals surface area (Å²) in [4.78, 5) is 33.8. The zero-order valence-electron chi connectivity index (χ0n) is 17.3. The maximum atomic E-state index is 14.0. The van der Waals surface area contributed by atoms with Gasteiger partial charge in [-0.3, -0.25) is 9.59 Å². The van der Waals surface area contributed by atoms with Crippen LogP contribution < -0.4 is 10.2 Å². The number of piperazine rings is 1. The molecule has 0 bridgehead atoms. The first kappa shape index (κ1) is 20.6. The van der Waals surface area contributed by atoms with Gasteiger partial charge >= 0.3 is 0 Å². The summed E-state index contributed by atoms with van der Waals surface area (Å²) in [7, 11) is 0. The number of anilines is 2. The number of fused-ring (bicyclic) bond motifs is 3. The molecule has 32 heavy (non-hydrogen) atoms. The Hall–Kier alpha value is -3.33. The molecule has 5 rings (SSSR count). The number of carbonyl (C=O) groups is 2. The third-order valence-corrected chi connectivity index (χ3v) is 6.37. The summed E-state index contributed by atoms with van der Waals surface area (Å²) in [6, 6.07) is 13.7. The summed E-state index contributed by atoms with van der Waals surface area (Å²) >= 11 is 5.32. The highest BCUT2D eigenvalue weighted by Gasteiger charge is 2.33. The topological polar surface area (TPSA) is 70.5 Å². The quantitative estimate of drug-likeness (QED) is 0.613. The Bertz CT molecular complexity index is 1270. The van der Waals surface area contributed by atoms with E-state index in [9.17, 15) is 14.0 Å². The lowest BCUT2D eigenvalue weighted by atomic mass is 10.1. The van der Waals surface area contributed by atoms with Gasteiger partial charge in [-0.1, -0.05) is 24.3 Å². The van der Waals surface area contributed by atoms with Crippen molar-refractivity contribution in [3.8, 4) is 0 Å². The second-order valence-corrected chi connectivity index (χ2v) is 8.35. The molecule has 1 amide bonds. The third kappa shape index (κ3) is 3.62. The second-order valence-electron chi connectivity index (χ2n) is 7.99. The van der Waals surface area contributed by atoms with E-state index >= 15 is 0 Å². The molecule has 3 heterocycles. The number of hydrogen-bond donors (Lipinski definition) is 1. The molecular formula is C23H22FN5O2S. The van der Waals surface area contributed by atoms with Crippen molar-refractivity contribution in [1.29, 1.82) is 0 Å². The Kier molecular flexibility index (Phi) is 5.34. The van der Waals surface area contributed by atoms with Crippen LogP contribution in [0, 0.1) is 10.6 Å². The second kappa shape index (κ2) is 8.31. The van der Waals surface area contributed by atoms with E-state index in [2.05, 4.69) is 10.3 Å². The fourth-order valence-electron chi connectivity index (χ4n) is 4.40. The Balaban J connectivity index is 1.21. The molecule has 2 aliphatic heterocycles. The van der Waals surface area contributed by atoms with Crippen molar-refractivity contribution in [2.45, 2.75) is 18.9 Å².